The molecule has 1 N–H and O–H groups in total. The highest BCUT2D eigenvalue weighted by atomic mass is 16.5. The van der Waals surface area contributed by atoms with Crippen LogP contribution >= 0.6 is 0 Å². The molecule has 2 heterocycles. The van der Waals surface area contributed by atoms with Crippen molar-refractivity contribution >= 4 is 0 Å². The first-order valence-electron chi connectivity index (χ1n) is 6.83. The van der Waals surface area contributed by atoms with Crippen LogP contribution in [-0.2, 0) is 4.74 Å². The minimum atomic E-state index is -0.424. The Morgan fingerprint density at radius 1 is 1.41 bits per heavy atom. The summed E-state index contributed by atoms with van der Waals surface area (Å²) in [4.78, 5) is 4.78. The van der Waals surface area contributed by atoms with Gasteiger partial charge in [-0.2, -0.15) is 0 Å². The molecule has 4 nitrogen and oxygen atoms in total. The van der Waals surface area contributed by atoms with E-state index in [0.717, 1.165) is 45.8 Å². The minimum absolute atomic E-state index is 0.313. The molecule has 4 heteroatoms. The summed E-state index contributed by atoms with van der Waals surface area (Å²) >= 11 is 0. The minimum Gasteiger partial charge on any atom is -0.387 e. The molecule has 2 rings (SSSR count). The van der Waals surface area contributed by atoms with Crippen molar-refractivity contribution in [2.24, 2.45) is 0 Å². The lowest BCUT2D eigenvalue weighted by Gasteiger charge is -2.48. The van der Waals surface area contributed by atoms with Gasteiger partial charge in [0.1, 0.15) is 0 Å². The lowest BCUT2D eigenvalue weighted by molar-refractivity contribution is -0.127. The van der Waals surface area contributed by atoms with Crippen molar-refractivity contribution < 1.29 is 9.84 Å². The summed E-state index contributed by atoms with van der Waals surface area (Å²) in [5.74, 6) is 0. The fraction of sp³-hybridized carbons (Fsp3) is 1.00. The number of hydrogen-bond donors (Lipinski definition) is 1. The summed E-state index contributed by atoms with van der Waals surface area (Å²) in [7, 11) is 0. The van der Waals surface area contributed by atoms with Crippen molar-refractivity contribution in [2.75, 3.05) is 39.3 Å². The molecule has 0 aliphatic carbocycles. The highest BCUT2D eigenvalue weighted by molar-refractivity contribution is 4.95. The van der Waals surface area contributed by atoms with Crippen molar-refractivity contribution in [3.63, 3.8) is 0 Å². The van der Waals surface area contributed by atoms with E-state index in [1.165, 1.54) is 0 Å². The second-order valence-corrected chi connectivity index (χ2v) is 5.83. The Labute approximate surface area is 105 Å². The maximum absolute atomic E-state index is 9.97. The van der Waals surface area contributed by atoms with E-state index in [2.05, 4.69) is 30.6 Å². The number of β-amino-alcohol motifs (C(OH)–C–C–N with tert-alkyl or cyclic N) is 1. The molecule has 2 aliphatic rings. The van der Waals surface area contributed by atoms with Gasteiger partial charge in [0.15, 0.2) is 0 Å². The molecule has 0 radical (unpaired) electrons. The highest BCUT2D eigenvalue weighted by Gasteiger charge is 2.40. The van der Waals surface area contributed by atoms with E-state index in [-0.39, 0.29) is 0 Å². The molecule has 1 atom stereocenters. The summed E-state index contributed by atoms with van der Waals surface area (Å²) in [5, 5.41) is 9.97. The average Bonchev–Trinajstić information content (AvgIpc) is 2.27. The molecule has 0 aromatic rings. The maximum Gasteiger partial charge on any atom is 0.0897 e. The van der Waals surface area contributed by atoms with Gasteiger partial charge in [0.2, 0.25) is 0 Å². The molecular formula is C13H26N2O2. The summed E-state index contributed by atoms with van der Waals surface area (Å²) in [6.07, 6.45) is 1.17. The first-order valence-corrected chi connectivity index (χ1v) is 6.83. The van der Waals surface area contributed by atoms with Crippen molar-refractivity contribution in [1.82, 2.24) is 9.80 Å². The predicted molar refractivity (Wildman–Crippen MR) is 68.1 cm³/mol. The molecule has 17 heavy (non-hydrogen) atoms. The zero-order chi connectivity index (χ0) is 12.5. The van der Waals surface area contributed by atoms with Crippen molar-refractivity contribution in [1.29, 1.82) is 0 Å². The quantitative estimate of drug-likeness (QED) is 0.781. The van der Waals surface area contributed by atoms with E-state index in [0.29, 0.717) is 12.1 Å². The van der Waals surface area contributed by atoms with Gasteiger partial charge in [-0.15, -0.1) is 0 Å². The second kappa shape index (κ2) is 5.22. The average molecular weight is 242 g/mol. The number of morpholine rings is 1. The molecule has 0 bridgehead atoms. The molecule has 0 saturated carbocycles. The third kappa shape index (κ3) is 3.19. The van der Waals surface area contributed by atoms with E-state index in [4.69, 9.17) is 4.74 Å². The fourth-order valence-electron chi connectivity index (χ4n) is 2.75. The Hall–Kier alpha value is -0.160. The van der Waals surface area contributed by atoms with Crippen LogP contribution in [0.2, 0.25) is 0 Å². The summed E-state index contributed by atoms with van der Waals surface area (Å²) < 4.78 is 5.80. The lowest BCUT2D eigenvalue weighted by atomic mass is 9.91. The second-order valence-electron chi connectivity index (χ2n) is 5.83. The maximum atomic E-state index is 9.97. The predicted octanol–water partition coefficient (Wildman–Crippen LogP) is 0.552. The molecule has 2 aliphatic heterocycles. The van der Waals surface area contributed by atoms with Gasteiger partial charge in [0.05, 0.1) is 18.3 Å². The van der Waals surface area contributed by atoms with Crippen LogP contribution in [0.25, 0.3) is 0 Å². The van der Waals surface area contributed by atoms with Crippen LogP contribution in [0.5, 0.6) is 0 Å². The highest BCUT2D eigenvalue weighted by Crippen LogP contribution is 2.24. The number of ether oxygens (including phenoxy) is 1. The van der Waals surface area contributed by atoms with Gasteiger partial charge in [-0.3, -0.25) is 9.80 Å². The molecule has 0 aromatic carbocycles. The molecule has 100 valence electrons. The molecule has 0 amide bonds. The third-order valence-corrected chi connectivity index (χ3v) is 4.06. The topological polar surface area (TPSA) is 35.9 Å². The van der Waals surface area contributed by atoms with Crippen LogP contribution in [0.4, 0.5) is 0 Å². The van der Waals surface area contributed by atoms with Crippen LogP contribution in [0.1, 0.15) is 27.2 Å². The van der Waals surface area contributed by atoms with Gasteiger partial charge in [-0.05, 0) is 20.3 Å². The van der Waals surface area contributed by atoms with Crippen LogP contribution in [0.15, 0.2) is 0 Å². The fourth-order valence-corrected chi connectivity index (χ4v) is 2.75. The molecule has 2 saturated heterocycles. The first-order chi connectivity index (χ1) is 8.02. The van der Waals surface area contributed by atoms with E-state index in [1.807, 2.05) is 0 Å². The van der Waals surface area contributed by atoms with Gasteiger partial charge in [-0.25, -0.2) is 0 Å². The molecule has 0 aromatic heterocycles. The Balaban J connectivity index is 1.73. The standard InChI is InChI=1S/C13H26N2O2/c1-4-13(16)9-14(10-13)7-12-8-15(11(2)3)5-6-17-12/h11-12,16H,4-10H2,1-3H3. The van der Waals surface area contributed by atoms with E-state index in [9.17, 15) is 5.11 Å². The molecule has 1 unspecified atom stereocenters. The van der Waals surface area contributed by atoms with Gasteiger partial charge < -0.3 is 9.84 Å². The number of rotatable bonds is 4. The normalized spacial score (nSPS) is 30.5. The Morgan fingerprint density at radius 3 is 2.71 bits per heavy atom. The number of nitrogens with zero attached hydrogens (tertiary/aromatic N) is 2. The zero-order valence-electron chi connectivity index (χ0n) is 11.4. The Morgan fingerprint density at radius 2 is 2.12 bits per heavy atom. The van der Waals surface area contributed by atoms with Crippen LogP contribution < -0.4 is 0 Å². The van der Waals surface area contributed by atoms with Crippen molar-refractivity contribution in [3.05, 3.63) is 0 Å². The summed E-state index contributed by atoms with van der Waals surface area (Å²) in [6, 6.07) is 0.602. The lowest BCUT2D eigenvalue weighted by Crippen LogP contribution is -2.64. The smallest absolute Gasteiger partial charge is 0.0897 e. The van der Waals surface area contributed by atoms with Gasteiger partial charge >= 0.3 is 0 Å². The monoisotopic (exact) mass is 242 g/mol. The SMILES string of the molecule is CCC1(O)CN(CC2CN(C(C)C)CCO2)C1. The molecule has 2 fully saturated rings. The number of likely N-dealkylation sites (tertiary alicyclic amines) is 1. The number of aliphatic hydroxyl groups is 1. The van der Waals surface area contributed by atoms with E-state index in [1.54, 1.807) is 0 Å². The van der Waals surface area contributed by atoms with E-state index < -0.39 is 5.60 Å². The third-order valence-electron chi connectivity index (χ3n) is 4.06. The van der Waals surface area contributed by atoms with Gasteiger partial charge in [0.25, 0.3) is 0 Å². The zero-order valence-corrected chi connectivity index (χ0v) is 11.4. The van der Waals surface area contributed by atoms with Crippen LogP contribution in [0.3, 0.4) is 0 Å². The first kappa shape index (κ1) is 13.3. The van der Waals surface area contributed by atoms with Gasteiger partial charge in [0, 0.05) is 38.8 Å². The summed E-state index contributed by atoms with van der Waals surface area (Å²) in [6.45, 7) is 12.0. The van der Waals surface area contributed by atoms with Crippen LogP contribution in [-0.4, -0.2) is 72.0 Å². The van der Waals surface area contributed by atoms with E-state index >= 15 is 0 Å². The largest absolute Gasteiger partial charge is 0.387 e. The molecule has 0 spiro atoms. The van der Waals surface area contributed by atoms with Gasteiger partial charge in [-0.1, -0.05) is 6.92 Å². The van der Waals surface area contributed by atoms with Crippen molar-refractivity contribution in [3.8, 4) is 0 Å². The Bertz CT molecular complexity index is 252. The number of hydrogen-bond acceptors (Lipinski definition) is 4. The van der Waals surface area contributed by atoms with Crippen LogP contribution in [0, 0.1) is 0 Å². The molecular weight excluding hydrogens is 216 g/mol. The Kier molecular flexibility index (Phi) is 4.08. The summed E-state index contributed by atoms with van der Waals surface area (Å²) in [5.41, 5.74) is -0.424. The van der Waals surface area contributed by atoms with Crippen molar-refractivity contribution in [2.45, 2.75) is 44.9 Å².